The van der Waals surface area contributed by atoms with Crippen LogP contribution in [0.5, 0.6) is 0 Å². The van der Waals surface area contributed by atoms with Gasteiger partial charge < -0.3 is 10.4 Å². The minimum absolute atomic E-state index is 0.284. The van der Waals surface area contributed by atoms with Crippen molar-refractivity contribution in [2.75, 3.05) is 6.54 Å². The van der Waals surface area contributed by atoms with Gasteiger partial charge in [0.25, 0.3) is 0 Å². The van der Waals surface area contributed by atoms with Crippen LogP contribution in [0.3, 0.4) is 0 Å². The zero-order valence-electron chi connectivity index (χ0n) is 9.61. The molecule has 15 heavy (non-hydrogen) atoms. The van der Waals surface area contributed by atoms with Crippen molar-refractivity contribution >= 4 is 0 Å². The van der Waals surface area contributed by atoms with Gasteiger partial charge in [0.2, 0.25) is 0 Å². The van der Waals surface area contributed by atoms with Crippen LogP contribution in [0.4, 0.5) is 0 Å². The van der Waals surface area contributed by atoms with E-state index < -0.39 is 0 Å². The molecular weight excluding hydrogens is 186 g/mol. The Morgan fingerprint density at radius 3 is 2.47 bits per heavy atom. The molecule has 0 spiro atoms. The number of aliphatic hydroxyl groups excluding tert-OH is 1. The van der Waals surface area contributed by atoms with Crippen LogP contribution >= 0.6 is 0 Å². The highest BCUT2D eigenvalue weighted by molar-refractivity contribution is 5.18. The van der Waals surface area contributed by atoms with Crippen LogP contribution in [0, 0.1) is 0 Å². The summed E-state index contributed by atoms with van der Waals surface area (Å²) in [5.74, 6) is 0. The van der Waals surface area contributed by atoms with Gasteiger partial charge in [0, 0.05) is 12.6 Å². The molecule has 0 aliphatic rings. The van der Waals surface area contributed by atoms with Gasteiger partial charge in [-0.05, 0) is 18.9 Å². The van der Waals surface area contributed by atoms with E-state index in [1.165, 1.54) is 5.56 Å². The Hall–Kier alpha value is -0.860. The van der Waals surface area contributed by atoms with Gasteiger partial charge in [-0.3, -0.25) is 0 Å². The summed E-state index contributed by atoms with van der Waals surface area (Å²) in [6.07, 6.45) is 1.97. The third-order valence-corrected chi connectivity index (χ3v) is 2.44. The van der Waals surface area contributed by atoms with Crippen molar-refractivity contribution in [3.63, 3.8) is 0 Å². The molecule has 1 rings (SSSR count). The molecule has 1 aromatic carbocycles. The summed E-state index contributed by atoms with van der Waals surface area (Å²) >= 11 is 0. The Kier molecular flexibility index (Phi) is 5.37. The molecule has 0 amide bonds. The van der Waals surface area contributed by atoms with Crippen molar-refractivity contribution < 1.29 is 5.11 Å². The standard InChI is InChI=1S/C13H21NO/c1-3-7-13(14-10-11(2)15)12-8-5-4-6-9-12/h4-6,8-9,11,13-15H,3,7,10H2,1-2H3/t11-,13-/m1/s1. The van der Waals surface area contributed by atoms with Crippen molar-refractivity contribution in [1.29, 1.82) is 0 Å². The smallest absolute Gasteiger partial charge is 0.0636 e. The maximum atomic E-state index is 9.25. The summed E-state index contributed by atoms with van der Waals surface area (Å²) in [7, 11) is 0. The van der Waals surface area contributed by atoms with Crippen LogP contribution in [-0.2, 0) is 0 Å². The number of aliphatic hydroxyl groups is 1. The number of hydrogen-bond donors (Lipinski definition) is 2. The van der Waals surface area contributed by atoms with Crippen LogP contribution in [-0.4, -0.2) is 17.8 Å². The number of hydrogen-bond acceptors (Lipinski definition) is 2. The molecule has 84 valence electrons. The normalized spacial score (nSPS) is 14.9. The Morgan fingerprint density at radius 1 is 1.27 bits per heavy atom. The van der Waals surface area contributed by atoms with Crippen LogP contribution < -0.4 is 5.32 Å². The van der Waals surface area contributed by atoms with Gasteiger partial charge in [0.05, 0.1) is 6.10 Å². The molecule has 2 nitrogen and oxygen atoms in total. The van der Waals surface area contributed by atoms with Gasteiger partial charge >= 0.3 is 0 Å². The summed E-state index contributed by atoms with van der Waals surface area (Å²) < 4.78 is 0. The lowest BCUT2D eigenvalue weighted by Gasteiger charge is -2.19. The average molecular weight is 207 g/mol. The Bertz CT molecular complexity index is 258. The SMILES string of the molecule is CCC[C@@H](NC[C@@H](C)O)c1ccccc1. The summed E-state index contributed by atoms with van der Waals surface area (Å²) in [6.45, 7) is 4.64. The zero-order valence-corrected chi connectivity index (χ0v) is 9.61. The van der Waals surface area contributed by atoms with Crippen LogP contribution in [0.25, 0.3) is 0 Å². The summed E-state index contributed by atoms with van der Waals surface area (Å²) in [4.78, 5) is 0. The van der Waals surface area contributed by atoms with Crippen LogP contribution in [0.2, 0.25) is 0 Å². The molecule has 0 fully saturated rings. The van der Waals surface area contributed by atoms with E-state index in [-0.39, 0.29) is 6.10 Å². The summed E-state index contributed by atoms with van der Waals surface area (Å²) in [5.41, 5.74) is 1.31. The first kappa shape index (κ1) is 12.2. The predicted molar refractivity (Wildman–Crippen MR) is 63.8 cm³/mol. The first-order valence-corrected chi connectivity index (χ1v) is 5.70. The van der Waals surface area contributed by atoms with Gasteiger partial charge in [-0.2, -0.15) is 0 Å². The number of nitrogens with one attached hydrogen (secondary N) is 1. The first-order chi connectivity index (χ1) is 7.24. The maximum absolute atomic E-state index is 9.25. The predicted octanol–water partition coefficient (Wildman–Crippen LogP) is 2.50. The third-order valence-electron chi connectivity index (χ3n) is 2.44. The zero-order chi connectivity index (χ0) is 11.1. The highest BCUT2D eigenvalue weighted by Crippen LogP contribution is 2.17. The van der Waals surface area contributed by atoms with E-state index in [9.17, 15) is 5.11 Å². The number of rotatable bonds is 6. The summed E-state index contributed by atoms with van der Waals surface area (Å²) in [5, 5.41) is 12.6. The second-order valence-corrected chi connectivity index (χ2v) is 4.01. The highest BCUT2D eigenvalue weighted by atomic mass is 16.3. The van der Waals surface area contributed by atoms with Crippen molar-refractivity contribution in [3.8, 4) is 0 Å². The fraction of sp³-hybridized carbons (Fsp3) is 0.538. The van der Waals surface area contributed by atoms with Crippen LogP contribution in [0.15, 0.2) is 30.3 Å². The Morgan fingerprint density at radius 2 is 1.93 bits per heavy atom. The fourth-order valence-corrected chi connectivity index (χ4v) is 1.67. The molecule has 0 saturated heterocycles. The second kappa shape index (κ2) is 6.59. The van der Waals surface area contributed by atoms with E-state index >= 15 is 0 Å². The molecule has 2 atom stereocenters. The highest BCUT2D eigenvalue weighted by Gasteiger charge is 2.09. The second-order valence-electron chi connectivity index (χ2n) is 4.01. The molecule has 0 saturated carbocycles. The van der Waals surface area contributed by atoms with E-state index in [2.05, 4.69) is 36.5 Å². The van der Waals surface area contributed by atoms with Gasteiger partial charge in [-0.1, -0.05) is 43.7 Å². The van der Waals surface area contributed by atoms with Gasteiger partial charge in [0.15, 0.2) is 0 Å². The third kappa shape index (κ3) is 4.45. The molecule has 0 aliphatic heterocycles. The molecular formula is C13H21NO. The van der Waals surface area contributed by atoms with E-state index in [1.54, 1.807) is 6.92 Å². The van der Waals surface area contributed by atoms with E-state index in [1.807, 2.05) is 6.07 Å². The summed E-state index contributed by atoms with van der Waals surface area (Å²) in [6, 6.07) is 10.8. The largest absolute Gasteiger partial charge is 0.392 e. The molecule has 2 heteroatoms. The van der Waals surface area contributed by atoms with Gasteiger partial charge in [-0.25, -0.2) is 0 Å². The minimum atomic E-state index is -0.284. The topological polar surface area (TPSA) is 32.3 Å². The number of benzene rings is 1. The molecule has 1 aromatic rings. The lowest BCUT2D eigenvalue weighted by molar-refractivity contribution is 0.185. The quantitative estimate of drug-likeness (QED) is 0.751. The molecule has 0 aromatic heterocycles. The van der Waals surface area contributed by atoms with Gasteiger partial charge in [0.1, 0.15) is 0 Å². The van der Waals surface area contributed by atoms with Crippen molar-refractivity contribution in [2.45, 2.75) is 38.8 Å². The van der Waals surface area contributed by atoms with E-state index in [4.69, 9.17) is 0 Å². The molecule has 0 bridgehead atoms. The maximum Gasteiger partial charge on any atom is 0.0636 e. The average Bonchev–Trinajstić information content (AvgIpc) is 2.25. The molecule has 2 N–H and O–H groups in total. The van der Waals surface area contributed by atoms with Crippen molar-refractivity contribution in [1.82, 2.24) is 5.32 Å². The molecule has 0 unspecified atom stereocenters. The van der Waals surface area contributed by atoms with E-state index in [0.717, 1.165) is 12.8 Å². The van der Waals surface area contributed by atoms with Gasteiger partial charge in [-0.15, -0.1) is 0 Å². The minimum Gasteiger partial charge on any atom is -0.392 e. The molecule has 0 heterocycles. The first-order valence-electron chi connectivity index (χ1n) is 5.70. The Balaban J connectivity index is 2.57. The fourth-order valence-electron chi connectivity index (χ4n) is 1.67. The molecule has 0 radical (unpaired) electrons. The molecule has 0 aliphatic carbocycles. The van der Waals surface area contributed by atoms with Crippen LogP contribution in [0.1, 0.15) is 38.3 Å². The van der Waals surface area contributed by atoms with Crippen molar-refractivity contribution in [2.24, 2.45) is 0 Å². The Labute approximate surface area is 92.3 Å². The monoisotopic (exact) mass is 207 g/mol. The lowest BCUT2D eigenvalue weighted by atomic mass is 10.0. The lowest BCUT2D eigenvalue weighted by Crippen LogP contribution is -2.28. The van der Waals surface area contributed by atoms with Crippen molar-refractivity contribution in [3.05, 3.63) is 35.9 Å². The van der Waals surface area contributed by atoms with E-state index in [0.29, 0.717) is 12.6 Å².